The lowest BCUT2D eigenvalue weighted by Crippen LogP contribution is -2.46. The highest BCUT2D eigenvalue weighted by Gasteiger charge is 2.54. The molecule has 5 nitrogen and oxygen atoms in total. The van der Waals surface area contributed by atoms with Crippen molar-refractivity contribution in [1.82, 2.24) is 0 Å². The van der Waals surface area contributed by atoms with Gasteiger partial charge in [-0.05, 0) is 71.5 Å². The zero-order chi connectivity index (χ0) is 19.6. The number of anilines is 1. The second kappa shape index (κ2) is 6.06. The Morgan fingerprint density at radius 2 is 1.63 bits per heavy atom. The molecule has 3 aliphatic heterocycles. The summed E-state index contributed by atoms with van der Waals surface area (Å²) >= 11 is 0. The molecule has 0 bridgehead atoms. The van der Waals surface area contributed by atoms with Crippen LogP contribution < -0.4 is 10.4 Å². The fourth-order valence-electron chi connectivity index (χ4n) is 4.45. The second-order valence-corrected chi connectivity index (χ2v) is 9.33. The van der Waals surface area contributed by atoms with E-state index in [1.165, 1.54) is 0 Å². The Labute approximate surface area is 162 Å². The number of rotatable bonds is 2. The number of carbonyl (C=O) groups is 1. The van der Waals surface area contributed by atoms with E-state index in [1.807, 2.05) is 4.90 Å². The summed E-state index contributed by atoms with van der Waals surface area (Å²) in [5.74, 6) is 0.210. The van der Waals surface area contributed by atoms with E-state index >= 15 is 0 Å². The standard InChI is InChI=1S/C21H30BNO4/c1-14(2)23-17-13-15(22-26-19(3,4)20(5,6)27-22)7-8-16(17)21(18(23)24)9-11-25-12-10-21/h7-8,13-14H,9-12H2,1-6H3. The van der Waals surface area contributed by atoms with E-state index in [1.54, 1.807) is 0 Å². The predicted octanol–water partition coefficient (Wildman–Crippen LogP) is 2.79. The van der Waals surface area contributed by atoms with Gasteiger partial charge >= 0.3 is 7.12 Å². The SMILES string of the molecule is CC(C)N1C(=O)C2(CCOCC2)c2ccc(B3OC(C)(C)C(C)(C)O3)cc21. The molecule has 6 heteroatoms. The first kappa shape index (κ1) is 19.0. The molecule has 0 radical (unpaired) electrons. The van der Waals surface area contributed by atoms with Gasteiger partial charge in [0, 0.05) is 24.9 Å². The summed E-state index contributed by atoms with van der Waals surface area (Å²) in [6.45, 7) is 13.6. The molecular weight excluding hydrogens is 341 g/mol. The average Bonchev–Trinajstić information content (AvgIpc) is 2.96. The Hall–Kier alpha value is -1.37. The number of fused-ring (bicyclic) bond motifs is 2. The molecule has 3 aliphatic rings. The van der Waals surface area contributed by atoms with E-state index in [0.717, 1.165) is 29.6 Å². The van der Waals surface area contributed by atoms with Crippen LogP contribution in [0.5, 0.6) is 0 Å². The number of amides is 1. The average molecular weight is 371 g/mol. The van der Waals surface area contributed by atoms with Gasteiger partial charge in [-0.3, -0.25) is 4.79 Å². The minimum absolute atomic E-state index is 0.104. The summed E-state index contributed by atoms with van der Waals surface area (Å²) < 4.78 is 18.0. The van der Waals surface area contributed by atoms with Gasteiger partial charge in [-0.1, -0.05) is 12.1 Å². The zero-order valence-corrected chi connectivity index (χ0v) is 17.3. The maximum atomic E-state index is 13.4. The number of carbonyl (C=O) groups excluding carboxylic acids is 1. The van der Waals surface area contributed by atoms with E-state index in [9.17, 15) is 4.79 Å². The Morgan fingerprint density at radius 3 is 2.19 bits per heavy atom. The number of hydrogen-bond acceptors (Lipinski definition) is 4. The van der Waals surface area contributed by atoms with Crippen LogP contribution in [0.4, 0.5) is 5.69 Å². The van der Waals surface area contributed by atoms with Gasteiger partial charge in [0.2, 0.25) is 5.91 Å². The predicted molar refractivity (Wildman–Crippen MR) is 107 cm³/mol. The third-order valence-corrected chi connectivity index (χ3v) is 6.81. The molecule has 0 aliphatic carbocycles. The van der Waals surface area contributed by atoms with E-state index < -0.39 is 12.5 Å². The van der Waals surface area contributed by atoms with Crippen molar-refractivity contribution in [2.24, 2.45) is 0 Å². The maximum Gasteiger partial charge on any atom is 0.494 e. The topological polar surface area (TPSA) is 48.0 Å². The van der Waals surface area contributed by atoms with Crippen LogP contribution >= 0.6 is 0 Å². The van der Waals surface area contributed by atoms with Gasteiger partial charge in [0.05, 0.1) is 16.6 Å². The molecule has 0 unspecified atom stereocenters. The molecule has 4 rings (SSSR count). The Balaban J connectivity index is 1.76. The molecule has 27 heavy (non-hydrogen) atoms. The summed E-state index contributed by atoms with van der Waals surface area (Å²) in [5.41, 5.74) is 1.90. The Bertz CT molecular complexity index is 751. The molecule has 0 aromatic heterocycles. The summed E-state index contributed by atoms with van der Waals surface area (Å²) in [4.78, 5) is 15.4. The van der Waals surface area contributed by atoms with Crippen LogP contribution in [0.1, 0.15) is 59.9 Å². The van der Waals surface area contributed by atoms with Crippen LogP contribution in [0, 0.1) is 0 Å². The lowest BCUT2D eigenvalue weighted by atomic mass is 9.73. The van der Waals surface area contributed by atoms with Crippen molar-refractivity contribution in [3.63, 3.8) is 0 Å². The van der Waals surface area contributed by atoms with Crippen LogP contribution in [-0.2, 0) is 24.3 Å². The van der Waals surface area contributed by atoms with Crippen molar-refractivity contribution in [1.29, 1.82) is 0 Å². The first-order chi connectivity index (χ1) is 12.6. The fourth-order valence-corrected chi connectivity index (χ4v) is 4.45. The lowest BCUT2D eigenvalue weighted by molar-refractivity contribution is -0.126. The second-order valence-electron chi connectivity index (χ2n) is 9.33. The molecule has 2 fully saturated rings. The summed E-state index contributed by atoms with van der Waals surface area (Å²) in [5, 5.41) is 0. The van der Waals surface area contributed by atoms with Crippen LogP contribution in [0.15, 0.2) is 18.2 Å². The molecule has 1 aromatic rings. The largest absolute Gasteiger partial charge is 0.494 e. The van der Waals surface area contributed by atoms with E-state index in [-0.39, 0.29) is 23.2 Å². The zero-order valence-electron chi connectivity index (χ0n) is 17.3. The molecule has 0 N–H and O–H groups in total. The normalized spacial score (nSPS) is 25.5. The number of benzene rings is 1. The van der Waals surface area contributed by atoms with Crippen LogP contribution in [-0.4, -0.2) is 43.5 Å². The van der Waals surface area contributed by atoms with Crippen molar-refractivity contribution in [3.8, 4) is 0 Å². The van der Waals surface area contributed by atoms with Crippen molar-refractivity contribution in [2.45, 2.75) is 77.0 Å². The molecule has 0 atom stereocenters. The molecule has 1 aromatic carbocycles. The summed E-state index contributed by atoms with van der Waals surface area (Å²) in [7, 11) is -0.421. The smallest absolute Gasteiger partial charge is 0.399 e. The lowest BCUT2D eigenvalue weighted by Gasteiger charge is -2.33. The number of ether oxygens (including phenoxy) is 1. The maximum absolute atomic E-state index is 13.4. The van der Waals surface area contributed by atoms with Gasteiger partial charge in [-0.15, -0.1) is 0 Å². The number of nitrogens with zero attached hydrogens (tertiary/aromatic N) is 1. The monoisotopic (exact) mass is 371 g/mol. The summed E-state index contributed by atoms with van der Waals surface area (Å²) in [6, 6.07) is 6.38. The van der Waals surface area contributed by atoms with E-state index in [0.29, 0.717) is 13.2 Å². The molecule has 1 amide bonds. The third-order valence-electron chi connectivity index (χ3n) is 6.81. The van der Waals surface area contributed by atoms with Gasteiger partial charge in [0.15, 0.2) is 0 Å². The van der Waals surface area contributed by atoms with Crippen LogP contribution in [0.2, 0.25) is 0 Å². The van der Waals surface area contributed by atoms with Crippen molar-refractivity contribution >= 4 is 24.2 Å². The van der Waals surface area contributed by atoms with Gasteiger partial charge in [0.1, 0.15) is 0 Å². The highest BCUT2D eigenvalue weighted by atomic mass is 16.7. The minimum Gasteiger partial charge on any atom is -0.399 e. The Morgan fingerprint density at radius 1 is 1.04 bits per heavy atom. The fraction of sp³-hybridized carbons (Fsp3) is 0.667. The highest BCUT2D eigenvalue weighted by molar-refractivity contribution is 6.62. The van der Waals surface area contributed by atoms with E-state index in [2.05, 4.69) is 59.7 Å². The van der Waals surface area contributed by atoms with Gasteiger partial charge in [-0.25, -0.2) is 0 Å². The van der Waals surface area contributed by atoms with Gasteiger partial charge in [-0.2, -0.15) is 0 Å². The third kappa shape index (κ3) is 2.68. The van der Waals surface area contributed by atoms with Gasteiger partial charge < -0.3 is 18.9 Å². The molecule has 2 saturated heterocycles. The molecule has 0 saturated carbocycles. The van der Waals surface area contributed by atoms with E-state index in [4.69, 9.17) is 14.0 Å². The minimum atomic E-state index is -0.438. The number of hydrogen-bond donors (Lipinski definition) is 0. The van der Waals surface area contributed by atoms with Crippen LogP contribution in [0.25, 0.3) is 0 Å². The van der Waals surface area contributed by atoms with Crippen molar-refractivity contribution < 1.29 is 18.8 Å². The molecule has 146 valence electrons. The highest BCUT2D eigenvalue weighted by Crippen LogP contribution is 2.48. The Kier molecular flexibility index (Phi) is 4.26. The van der Waals surface area contributed by atoms with Crippen molar-refractivity contribution in [2.75, 3.05) is 18.1 Å². The van der Waals surface area contributed by atoms with Crippen LogP contribution in [0.3, 0.4) is 0 Å². The first-order valence-electron chi connectivity index (χ1n) is 10.0. The first-order valence-corrected chi connectivity index (χ1v) is 10.0. The van der Waals surface area contributed by atoms with Gasteiger partial charge in [0.25, 0.3) is 0 Å². The molecule has 1 spiro atoms. The molecule has 3 heterocycles. The van der Waals surface area contributed by atoms with Crippen molar-refractivity contribution in [3.05, 3.63) is 23.8 Å². The quantitative estimate of drug-likeness (QED) is 0.751. The summed E-state index contributed by atoms with van der Waals surface area (Å²) in [6.07, 6.45) is 1.50. The molecular formula is C21H30BNO4.